The number of anilines is 3. The highest BCUT2D eigenvalue weighted by Crippen LogP contribution is 2.36. The fourth-order valence-corrected chi connectivity index (χ4v) is 4.44. The standard InChI is InChI=1S/C13H8Cl2O4S.C12H11N7.CH4N2O/c14-11-7(13(18)9-2-1-5-20-9)3-4-8(12(11)15)19-6-10(16)17;13-9-7(6-4-2-1-3-5-6)16-8-10(14)18-12(15)19-11(8)17-9;2-1(3)4/h1-5H,6H2,(H,16,17);1-5H,(H6,13,14,15,17,18,19);(H4,2,3,4). The van der Waals surface area contributed by atoms with Gasteiger partial charge in [-0.1, -0.05) is 59.6 Å². The van der Waals surface area contributed by atoms with Crippen LogP contribution in [0.1, 0.15) is 15.2 Å². The maximum atomic E-state index is 12.2. The number of ketones is 1. The average Bonchev–Trinajstić information content (AvgIpc) is 3.49. The molecular formula is C26H23Cl2N9O5S. The van der Waals surface area contributed by atoms with Crippen LogP contribution in [-0.4, -0.2) is 49.4 Å². The van der Waals surface area contributed by atoms with E-state index in [1.165, 1.54) is 23.5 Å². The van der Waals surface area contributed by atoms with Crippen molar-refractivity contribution in [2.75, 3.05) is 23.8 Å². The molecule has 3 heterocycles. The first-order valence-electron chi connectivity index (χ1n) is 11.8. The summed E-state index contributed by atoms with van der Waals surface area (Å²) in [5, 5.41) is 10.4. The predicted octanol–water partition coefficient (Wildman–Crippen LogP) is 3.61. The van der Waals surface area contributed by atoms with Gasteiger partial charge in [-0.2, -0.15) is 9.97 Å². The monoisotopic (exact) mass is 643 g/mol. The molecule has 0 fully saturated rings. The molecular weight excluding hydrogens is 621 g/mol. The van der Waals surface area contributed by atoms with Crippen molar-refractivity contribution in [1.29, 1.82) is 0 Å². The van der Waals surface area contributed by atoms with Crippen molar-refractivity contribution in [3.63, 3.8) is 0 Å². The minimum absolute atomic E-state index is 0.0234. The van der Waals surface area contributed by atoms with Gasteiger partial charge in [0.05, 0.1) is 9.90 Å². The maximum absolute atomic E-state index is 12.2. The molecule has 3 aromatic heterocycles. The highest BCUT2D eigenvalue weighted by molar-refractivity contribution is 7.12. The quantitative estimate of drug-likeness (QED) is 0.145. The Bertz CT molecular complexity index is 1770. The van der Waals surface area contributed by atoms with E-state index in [2.05, 4.69) is 31.4 Å². The molecule has 43 heavy (non-hydrogen) atoms. The molecule has 17 heteroatoms. The lowest BCUT2D eigenvalue weighted by Gasteiger charge is -2.09. The van der Waals surface area contributed by atoms with Gasteiger partial charge in [0.1, 0.15) is 16.5 Å². The lowest BCUT2D eigenvalue weighted by atomic mass is 10.1. The number of primary amides is 2. The number of nitrogen functional groups attached to an aromatic ring is 3. The van der Waals surface area contributed by atoms with E-state index < -0.39 is 18.6 Å². The normalized spacial score (nSPS) is 10.1. The van der Waals surface area contributed by atoms with Crippen LogP contribution in [0.5, 0.6) is 5.75 Å². The minimum atomic E-state index is -1.13. The van der Waals surface area contributed by atoms with E-state index in [9.17, 15) is 9.59 Å². The summed E-state index contributed by atoms with van der Waals surface area (Å²) in [4.78, 5) is 48.6. The predicted molar refractivity (Wildman–Crippen MR) is 165 cm³/mol. The van der Waals surface area contributed by atoms with Gasteiger partial charge in [-0.3, -0.25) is 4.79 Å². The Labute approximate surface area is 257 Å². The number of carbonyl (C=O) groups is 3. The number of thiophene rings is 1. The number of aliphatic carboxylic acids is 1. The molecule has 0 aliphatic carbocycles. The smallest absolute Gasteiger partial charge is 0.341 e. The SMILES string of the molecule is NC(N)=O.Nc1nc(N)c2nc(-c3ccccc3)c(N)nc2n1.O=C(O)COc1ccc(C(=O)c2cccs2)c(Cl)c1Cl. The van der Waals surface area contributed by atoms with Crippen molar-refractivity contribution in [3.8, 4) is 17.0 Å². The number of carboxylic acid groups (broad SMARTS) is 1. The number of fused-ring (bicyclic) bond motifs is 1. The summed E-state index contributed by atoms with van der Waals surface area (Å²) < 4.78 is 4.98. The van der Waals surface area contributed by atoms with E-state index in [-0.39, 0.29) is 44.7 Å². The largest absolute Gasteiger partial charge is 0.480 e. The van der Waals surface area contributed by atoms with Gasteiger partial charge in [-0.15, -0.1) is 11.3 Å². The first kappa shape index (κ1) is 32.3. The molecule has 5 rings (SSSR count). The van der Waals surface area contributed by atoms with E-state index in [0.717, 1.165) is 5.56 Å². The molecule has 2 amide bonds. The summed E-state index contributed by atoms with van der Waals surface area (Å²) in [6.45, 7) is -0.533. The number of hydrogen-bond acceptors (Lipinski definition) is 12. The first-order valence-corrected chi connectivity index (χ1v) is 13.4. The number of carboxylic acids is 1. The number of carbonyl (C=O) groups excluding carboxylic acids is 2. The summed E-state index contributed by atoms with van der Waals surface area (Å²) >= 11 is 13.3. The highest BCUT2D eigenvalue weighted by atomic mass is 35.5. The van der Waals surface area contributed by atoms with E-state index >= 15 is 0 Å². The Morgan fingerprint density at radius 3 is 2.12 bits per heavy atom. The van der Waals surface area contributed by atoms with Gasteiger partial charge >= 0.3 is 12.0 Å². The van der Waals surface area contributed by atoms with Crippen LogP contribution in [0.2, 0.25) is 10.0 Å². The summed E-state index contributed by atoms with van der Waals surface area (Å²) in [7, 11) is 0. The van der Waals surface area contributed by atoms with Crippen molar-refractivity contribution >= 4 is 81.1 Å². The molecule has 5 aromatic rings. The molecule has 0 radical (unpaired) electrons. The average molecular weight is 645 g/mol. The Hall–Kier alpha value is -5.25. The number of ether oxygens (including phenoxy) is 1. The van der Waals surface area contributed by atoms with E-state index in [1.807, 2.05) is 30.3 Å². The molecule has 0 unspecified atom stereocenters. The molecule has 0 aliphatic rings. The van der Waals surface area contributed by atoms with Crippen LogP contribution in [0.3, 0.4) is 0 Å². The van der Waals surface area contributed by atoms with Crippen molar-refractivity contribution in [1.82, 2.24) is 19.9 Å². The fraction of sp³-hybridized carbons (Fsp3) is 0.0385. The molecule has 0 bridgehead atoms. The summed E-state index contributed by atoms with van der Waals surface area (Å²) in [5.41, 5.74) is 28.0. The number of nitrogens with two attached hydrogens (primary N) is 5. The summed E-state index contributed by atoms with van der Waals surface area (Å²) in [5.74, 6) is -0.732. The zero-order valence-corrected chi connectivity index (χ0v) is 24.2. The number of aromatic nitrogens is 4. The number of urea groups is 1. The van der Waals surface area contributed by atoms with Crippen LogP contribution in [0, 0.1) is 0 Å². The van der Waals surface area contributed by atoms with Gasteiger partial charge in [0, 0.05) is 11.1 Å². The minimum Gasteiger partial charge on any atom is -0.480 e. The third kappa shape index (κ3) is 8.62. The second kappa shape index (κ2) is 14.6. The van der Waals surface area contributed by atoms with Crippen molar-refractivity contribution in [3.05, 3.63) is 80.5 Å². The van der Waals surface area contributed by atoms with Crippen LogP contribution < -0.4 is 33.4 Å². The Morgan fingerprint density at radius 2 is 1.51 bits per heavy atom. The Morgan fingerprint density at radius 1 is 0.837 bits per heavy atom. The molecule has 0 saturated carbocycles. The van der Waals surface area contributed by atoms with E-state index in [0.29, 0.717) is 21.7 Å². The van der Waals surface area contributed by atoms with E-state index in [4.69, 9.17) is 55.0 Å². The molecule has 0 spiro atoms. The van der Waals surface area contributed by atoms with Gasteiger partial charge in [0.25, 0.3) is 0 Å². The molecule has 0 atom stereocenters. The van der Waals surface area contributed by atoms with E-state index in [1.54, 1.807) is 17.5 Å². The third-order valence-electron chi connectivity index (χ3n) is 5.04. The van der Waals surface area contributed by atoms with Crippen molar-refractivity contribution < 1.29 is 24.2 Å². The van der Waals surface area contributed by atoms with Crippen LogP contribution >= 0.6 is 34.5 Å². The number of nitrogens with zero attached hydrogens (tertiary/aromatic N) is 4. The lowest BCUT2D eigenvalue weighted by molar-refractivity contribution is -0.139. The van der Waals surface area contributed by atoms with Crippen LogP contribution in [-0.2, 0) is 4.79 Å². The lowest BCUT2D eigenvalue weighted by Crippen LogP contribution is -2.18. The van der Waals surface area contributed by atoms with Crippen LogP contribution in [0.4, 0.5) is 22.4 Å². The molecule has 14 nitrogen and oxygen atoms in total. The molecule has 0 aliphatic heterocycles. The van der Waals surface area contributed by atoms with Crippen molar-refractivity contribution in [2.45, 2.75) is 0 Å². The van der Waals surface area contributed by atoms with Gasteiger partial charge < -0.3 is 38.5 Å². The second-order valence-electron chi connectivity index (χ2n) is 8.09. The van der Waals surface area contributed by atoms with Gasteiger partial charge in [-0.25, -0.2) is 19.6 Å². The topological polar surface area (TPSA) is 262 Å². The molecule has 222 valence electrons. The van der Waals surface area contributed by atoms with Gasteiger partial charge in [0.15, 0.2) is 29.4 Å². The number of halogens is 2. The highest BCUT2D eigenvalue weighted by Gasteiger charge is 2.19. The van der Waals surface area contributed by atoms with Crippen LogP contribution in [0.25, 0.3) is 22.4 Å². The Balaban J connectivity index is 0.000000210. The van der Waals surface area contributed by atoms with Crippen molar-refractivity contribution in [2.24, 2.45) is 11.5 Å². The fourth-order valence-electron chi connectivity index (χ4n) is 3.31. The van der Waals surface area contributed by atoms with Crippen LogP contribution in [0.15, 0.2) is 60.0 Å². The summed E-state index contributed by atoms with van der Waals surface area (Å²) in [6.07, 6.45) is 0. The molecule has 2 aromatic carbocycles. The zero-order valence-electron chi connectivity index (χ0n) is 21.9. The Kier molecular flexibility index (Phi) is 10.9. The molecule has 0 saturated heterocycles. The summed E-state index contributed by atoms with van der Waals surface area (Å²) in [6, 6.07) is 15.0. The van der Waals surface area contributed by atoms with Gasteiger partial charge in [0.2, 0.25) is 11.7 Å². The number of rotatable bonds is 6. The molecule has 11 N–H and O–H groups in total. The maximum Gasteiger partial charge on any atom is 0.341 e. The third-order valence-corrected chi connectivity index (χ3v) is 6.77. The number of amides is 2. The first-order chi connectivity index (χ1) is 20.4. The number of hydrogen-bond donors (Lipinski definition) is 6. The number of benzene rings is 2. The zero-order chi connectivity index (χ0) is 31.7. The second-order valence-corrected chi connectivity index (χ2v) is 9.80. The van der Waals surface area contributed by atoms with Gasteiger partial charge in [-0.05, 0) is 23.6 Å².